The van der Waals surface area contributed by atoms with Crippen LogP contribution in [0.25, 0.3) is 11.3 Å². The average Bonchev–Trinajstić information content (AvgIpc) is 2.93. The SMILES string of the molecule is CNCCc1nc(-c2cc([N+](=O)[O-])ccc2OC)cs1. The summed E-state index contributed by atoms with van der Waals surface area (Å²) in [7, 11) is 3.43. The van der Waals surface area contributed by atoms with Crippen LogP contribution in [-0.4, -0.2) is 30.6 Å². The average molecular weight is 293 g/mol. The molecule has 1 N–H and O–H groups in total. The summed E-state index contributed by atoms with van der Waals surface area (Å²) in [6.07, 6.45) is 0.832. The van der Waals surface area contributed by atoms with Gasteiger partial charge in [-0.2, -0.15) is 0 Å². The number of hydrogen-bond acceptors (Lipinski definition) is 6. The highest BCUT2D eigenvalue weighted by Gasteiger charge is 2.15. The number of nitrogens with zero attached hydrogens (tertiary/aromatic N) is 2. The van der Waals surface area contributed by atoms with Crippen molar-refractivity contribution in [2.45, 2.75) is 6.42 Å². The summed E-state index contributed by atoms with van der Waals surface area (Å²) in [4.78, 5) is 15.0. The lowest BCUT2D eigenvalue weighted by Gasteiger charge is -2.05. The van der Waals surface area contributed by atoms with Crippen molar-refractivity contribution in [1.29, 1.82) is 0 Å². The Bertz CT molecular complexity index is 613. The van der Waals surface area contributed by atoms with Gasteiger partial charge < -0.3 is 10.1 Å². The third-order valence-electron chi connectivity index (χ3n) is 2.81. The maximum atomic E-state index is 10.9. The Morgan fingerprint density at radius 3 is 2.95 bits per heavy atom. The lowest BCUT2D eigenvalue weighted by molar-refractivity contribution is -0.384. The van der Waals surface area contributed by atoms with Crippen molar-refractivity contribution in [3.05, 3.63) is 38.7 Å². The monoisotopic (exact) mass is 293 g/mol. The summed E-state index contributed by atoms with van der Waals surface area (Å²) in [5.41, 5.74) is 1.39. The Labute approximate surface area is 120 Å². The summed E-state index contributed by atoms with van der Waals surface area (Å²) in [6, 6.07) is 4.52. The van der Waals surface area contributed by atoms with Crippen molar-refractivity contribution in [1.82, 2.24) is 10.3 Å². The fourth-order valence-corrected chi connectivity index (χ4v) is 2.59. The third kappa shape index (κ3) is 3.12. The van der Waals surface area contributed by atoms with Crippen LogP contribution >= 0.6 is 11.3 Å². The van der Waals surface area contributed by atoms with Crippen molar-refractivity contribution in [3.63, 3.8) is 0 Å². The van der Waals surface area contributed by atoms with Crippen molar-refractivity contribution in [2.75, 3.05) is 20.7 Å². The maximum Gasteiger partial charge on any atom is 0.270 e. The van der Waals surface area contributed by atoms with Crippen LogP contribution in [0.2, 0.25) is 0 Å². The Hall–Kier alpha value is -1.99. The van der Waals surface area contributed by atoms with Crippen LogP contribution in [0.15, 0.2) is 23.6 Å². The number of likely N-dealkylation sites (N-methyl/N-ethyl adjacent to an activating group) is 1. The number of non-ortho nitro benzene ring substituents is 1. The lowest BCUT2D eigenvalue weighted by Crippen LogP contribution is -2.09. The number of methoxy groups -OCH3 is 1. The van der Waals surface area contributed by atoms with Gasteiger partial charge in [0.1, 0.15) is 5.75 Å². The molecule has 0 saturated carbocycles. The predicted octanol–water partition coefficient (Wildman–Crippen LogP) is 2.49. The molecule has 6 nitrogen and oxygen atoms in total. The molecule has 0 fully saturated rings. The van der Waals surface area contributed by atoms with Crippen LogP contribution in [0, 0.1) is 10.1 Å². The minimum Gasteiger partial charge on any atom is -0.496 e. The second-order valence-corrected chi connectivity index (χ2v) is 5.06. The molecular weight excluding hydrogens is 278 g/mol. The van der Waals surface area contributed by atoms with Gasteiger partial charge in [0.2, 0.25) is 0 Å². The van der Waals surface area contributed by atoms with E-state index in [1.165, 1.54) is 12.1 Å². The Morgan fingerprint density at radius 1 is 1.50 bits per heavy atom. The zero-order valence-corrected chi connectivity index (χ0v) is 12.1. The van der Waals surface area contributed by atoms with Gasteiger partial charge in [0.05, 0.1) is 22.7 Å². The van der Waals surface area contributed by atoms with Crippen LogP contribution < -0.4 is 10.1 Å². The molecule has 0 unspecified atom stereocenters. The van der Waals surface area contributed by atoms with Gasteiger partial charge in [0.15, 0.2) is 0 Å². The van der Waals surface area contributed by atoms with E-state index in [-0.39, 0.29) is 5.69 Å². The fourth-order valence-electron chi connectivity index (χ4n) is 1.79. The predicted molar refractivity (Wildman–Crippen MR) is 78.4 cm³/mol. The maximum absolute atomic E-state index is 10.9. The molecule has 0 aliphatic carbocycles. The zero-order chi connectivity index (χ0) is 14.5. The first-order chi connectivity index (χ1) is 9.65. The summed E-state index contributed by atoms with van der Waals surface area (Å²) in [5.74, 6) is 0.584. The van der Waals surface area contributed by atoms with Gasteiger partial charge in [-0.25, -0.2) is 4.98 Å². The lowest BCUT2D eigenvalue weighted by atomic mass is 10.1. The first-order valence-corrected chi connectivity index (χ1v) is 6.95. The van der Waals surface area contributed by atoms with Gasteiger partial charge in [-0.1, -0.05) is 0 Å². The number of hydrogen-bond donors (Lipinski definition) is 1. The number of rotatable bonds is 6. The van der Waals surface area contributed by atoms with E-state index in [1.54, 1.807) is 24.5 Å². The zero-order valence-electron chi connectivity index (χ0n) is 11.3. The molecule has 0 spiro atoms. The molecule has 0 atom stereocenters. The highest BCUT2D eigenvalue weighted by atomic mass is 32.1. The van der Waals surface area contributed by atoms with E-state index in [4.69, 9.17) is 4.74 Å². The molecule has 20 heavy (non-hydrogen) atoms. The number of aromatic nitrogens is 1. The molecule has 0 bridgehead atoms. The van der Waals surface area contributed by atoms with Crippen LogP contribution in [-0.2, 0) is 6.42 Å². The van der Waals surface area contributed by atoms with Crippen molar-refractivity contribution in [3.8, 4) is 17.0 Å². The molecule has 0 radical (unpaired) electrons. The summed E-state index contributed by atoms with van der Waals surface area (Å²) >= 11 is 1.54. The number of thiazole rings is 1. The Kier molecular flexibility index (Phi) is 4.65. The van der Waals surface area contributed by atoms with Crippen LogP contribution in [0.5, 0.6) is 5.75 Å². The van der Waals surface area contributed by atoms with Gasteiger partial charge in [0, 0.05) is 36.0 Å². The minimum atomic E-state index is -0.419. The van der Waals surface area contributed by atoms with E-state index in [9.17, 15) is 10.1 Å². The van der Waals surface area contributed by atoms with Crippen LogP contribution in [0.4, 0.5) is 5.69 Å². The summed E-state index contributed by atoms with van der Waals surface area (Å²) < 4.78 is 5.25. The van der Waals surface area contributed by atoms with Crippen molar-refractivity contribution in [2.24, 2.45) is 0 Å². The molecule has 1 heterocycles. The van der Waals surface area contributed by atoms with Gasteiger partial charge in [-0.3, -0.25) is 10.1 Å². The standard InChI is InChI=1S/C13H15N3O3S/c1-14-6-5-13-15-11(8-20-13)10-7-9(16(17)18)3-4-12(10)19-2/h3-4,7-8,14H,5-6H2,1-2H3. The van der Waals surface area contributed by atoms with Gasteiger partial charge in [0.25, 0.3) is 5.69 Å². The molecule has 2 aromatic rings. The number of nitro benzene ring substituents is 1. The molecule has 0 aliphatic heterocycles. The summed E-state index contributed by atoms with van der Waals surface area (Å²) in [5, 5.41) is 16.8. The Balaban J connectivity index is 2.36. The van der Waals surface area contributed by atoms with Crippen LogP contribution in [0.1, 0.15) is 5.01 Å². The molecule has 1 aromatic heterocycles. The molecule has 1 aromatic carbocycles. The van der Waals surface area contributed by atoms with E-state index in [1.807, 2.05) is 12.4 Å². The largest absolute Gasteiger partial charge is 0.496 e. The van der Waals surface area contributed by atoms with Crippen molar-refractivity contribution < 1.29 is 9.66 Å². The topological polar surface area (TPSA) is 77.3 Å². The van der Waals surface area contributed by atoms with Crippen molar-refractivity contribution >= 4 is 17.0 Å². The van der Waals surface area contributed by atoms with E-state index in [0.717, 1.165) is 18.0 Å². The normalized spacial score (nSPS) is 10.5. The van der Waals surface area contributed by atoms with E-state index in [0.29, 0.717) is 17.0 Å². The molecule has 0 amide bonds. The quantitative estimate of drug-likeness (QED) is 0.654. The molecule has 7 heteroatoms. The molecule has 2 rings (SSSR count). The fraction of sp³-hybridized carbons (Fsp3) is 0.308. The van der Waals surface area contributed by atoms with E-state index >= 15 is 0 Å². The van der Waals surface area contributed by atoms with Crippen LogP contribution in [0.3, 0.4) is 0 Å². The minimum absolute atomic E-state index is 0.0329. The van der Waals surface area contributed by atoms with Gasteiger partial charge >= 0.3 is 0 Å². The Morgan fingerprint density at radius 2 is 2.30 bits per heavy atom. The number of nitrogens with one attached hydrogen (secondary N) is 1. The second-order valence-electron chi connectivity index (χ2n) is 4.12. The molecular formula is C13H15N3O3S. The second kappa shape index (κ2) is 6.44. The first-order valence-electron chi connectivity index (χ1n) is 6.07. The third-order valence-corrected chi connectivity index (χ3v) is 3.72. The molecule has 0 aliphatic rings. The molecule has 0 saturated heterocycles. The van der Waals surface area contributed by atoms with Gasteiger partial charge in [-0.15, -0.1) is 11.3 Å². The highest BCUT2D eigenvalue weighted by molar-refractivity contribution is 7.09. The number of nitro groups is 1. The van der Waals surface area contributed by atoms with E-state index < -0.39 is 4.92 Å². The van der Waals surface area contributed by atoms with E-state index in [2.05, 4.69) is 10.3 Å². The smallest absolute Gasteiger partial charge is 0.270 e. The summed E-state index contributed by atoms with van der Waals surface area (Å²) in [6.45, 7) is 0.846. The molecule has 106 valence electrons. The first kappa shape index (κ1) is 14.4. The highest BCUT2D eigenvalue weighted by Crippen LogP contribution is 2.33. The number of benzene rings is 1. The van der Waals surface area contributed by atoms with Gasteiger partial charge in [-0.05, 0) is 13.1 Å². The number of ether oxygens (including phenoxy) is 1.